The van der Waals surface area contributed by atoms with Crippen LogP contribution in [0.5, 0.6) is 0 Å². The summed E-state index contributed by atoms with van der Waals surface area (Å²) in [5.41, 5.74) is 0.498. The van der Waals surface area contributed by atoms with Crippen molar-refractivity contribution in [3.8, 4) is 0 Å². The first kappa shape index (κ1) is 12.4. The number of nitrogens with zero attached hydrogens (tertiary/aromatic N) is 1. The summed E-state index contributed by atoms with van der Waals surface area (Å²) in [4.78, 5) is 21.3. The van der Waals surface area contributed by atoms with Gasteiger partial charge in [-0.15, -0.1) is 0 Å². The molecule has 6 heteroatoms. The lowest BCUT2D eigenvalue weighted by Crippen LogP contribution is -2.10. The van der Waals surface area contributed by atoms with Crippen LogP contribution in [0.1, 0.15) is 6.92 Å². The van der Waals surface area contributed by atoms with Crippen molar-refractivity contribution < 1.29 is 9.72 Å². The second-order valence-corrected chi connectivity index (χ2v) is 3.75. The van der Waals surface area contributed by atoms with Crippen molar-refractivity contribution in [3.63, 3.8) is 0 Å². The van der Waals surface area contributed by atoms with E-state index in [9.17, 15) is 14.9 Å². The third kappa shape index (κ3) is 3.16. The van der Waals surface area contributed by atoms with Gasteiger partial charge < -0.3 is 5.32 Å². The number of allylic oxidation sites excluding steroid dienone is 1. The third-order valence-electron chi connectivity index (χ3n) is 1.81. The monoisotopic (exact) mass is 284 g/mol. The van der Waals surface area contributed by atoms with Crippen molar-refractivity contribution >= 4 is 33.2 Å². The first-order valence-electron chi connectivity index (χ1n) is 4.42. The van der Waals surface area contributed by atoms with Crippen molar-refractivity contribution in [1.82, 2.24) is 0 Å². The second kappa shape index (κ2) is 5.41. The lowest BCUT2D eigenvalue weighted by atomic mass is 10.3. The molecule has 1 N–H and O–H groups in total. The van der Waals surface area contributed by atoms with Crippen molar-refractivity contribution in [3.05, 3.63) is 44.9 Å². The van der Waals surface area contributed by atoms with Crippen molar-refractivity contribution in [2.75, 3.05) is 5.32 Å². The summed E-state index contributed by atoms with van der Waals surface area (Å²) in [6.07, 6.45) is 1.61. The highest BCUT2D eigenvalue weighted by Crippen LogP contribution is 2.16. The molecule has 1 aromatic rings. The Morgan fingerprint density at radius 1 is 1.44 bits per heavy atom. The minimum Gasteiger partial charge on any atom is -0.322 e. The SMILES string of the molecule is CC=C(Br)C(=O)Nc1ccc([N+](=O)[O-])cc1. The molecule has 1 rings (SSSR count). The quantitative estimate of drug-likeness (QED) is 0.527. The van der Waals surface area contributed by atoms with E-state index in [0.29, 0.717) is 10.2 Å². The Morgan fingerprint density at radius 2 is 2.00 bits per heavy atom. The van der Waals surface area contributed by atoms with Crippen LogP contribution < -0.4 is 5.32 Å². The van der Waals surface area contributed by atoms with Crippen molar-refractivity contribution in [2.45, 2.75) is 6.92 Å². The van der Waals surface area contributed by atoms with Crippen molar-refractivity contribution in [1.29, 1.82) is 0 Å². The fourth-order valence-corrected chi connectivity index (χ4v) is 1.09. The zero-order chi connectivity index (χ0) is 12.1. The van der Waals surface area contributed by atoms with Crippen LogP contribution in [-0.2, 0) is 4.79 Å². The number of nitro groups is 1. The van der Waals surface area contributed by atoms with Gasteiger partial charge in [-0.3, -0.25) is 14.9 Å². The van der Waals surface area contributed by atoms with Crippen LogP contribution in [0.4, 0.5) is 11.4 Å². The maximum Gasteiger partial charge on any atom is 0.269 e. The summed E-state index contributed by atoms with van der Waals surface area (Å²) in [5.74, 6) is -0.295. The number of hydrogen-bond donors (Lipinski definition) is 1. The molecule has 0 fully saturated rings. The molecule has 0 saturated carbocycles. The molecule has 1 aromatic carbocycles. The molecule has 0 aliphatic rings. The molecule has 0 aliphatic carbocycles. The number of halogens is 1. The van der Waals surface area contributed by atoms with Gasteiger partial charge in [-0.05, 0) is 35.0 Å². The van der Waals surface area contributed by atoms with Gasteiger partial charge in [0, 0.05) is 17.8 Å². The molecule has 0 saturated heterocycles. The predicted molar refractivity (Wildman–Crippen MR) is 64.4 cm³/mol. The van der Waals surface area contributed by atoms with Gasteiger partial charge in [0.25, 0.3) is 11.6 Å². The topological polar surface area (TPSA) is 72.2 Å². The van der Waals surface area contributed by atoms with Crippen LogP contribution >= 0.6 is 15.9 Å². The molecule has 0 aromatic heterocycles. The standard InChI is InChI=1S/C10H9BrN2O3/c1-2-9(11)10(14)12-7-3-5-8(6-4-7)13(15)16/h2-6H,1H3,(H,12,14). The number of rotatable bonds is 3. The number of carbonyl (C=O) groups excluding carboxylic acids is 1. The molecule has 84 valence electrons. The van der Waals surface area contributed by atoms with Gasteiger partial charge in [0.1, 0.15) is 0 Å². The highest BCUT2D eigenvalue weighted by Gasteiger charge is 2.07. The Balaban J connectivity index is 2.76. The number of benzene rings is 1. The number of nitrogens with one attached hydrogen (secondary N) is 1. The second-order valence-electron chi connectivity index (χ2n) is 2.89. The molecule has 5 nitrogen and oxygen atoms in total. The summed E-state index contributed by atoms with van der Waals surface area (Å²) in [6, 6.07) is 5.62. The largest absolute Gasteiger partial charge is 0.322 e. The first-order valence-corrected chi connectivity index (χ1v) is 5.21. The van der Waals surface area contributed by atoms with E-state index in [4.69, 9.17) is 0 Å². The van der Waals surface area contributed by atoms with Gasteiger partial charge in [-0.1, -0.05) is 6.08 Å². The highest BCUT2D eigenvalue weighted by molar-refractivity contribution is 9.12. The number of carbonyl (C=O) groups is 1. The number of hydrogen-bond acceptors (Lipinski definition) is 3. The molecule has 0 spiro atoms. The van der Waals surface area contributed by atoms with Crippen LogP contribution in [0.2, 0.25) is 0 Å². The van der Waals surface area contributed by atoms with E-state index in [0.717, 1.165) is 0 Å². The molecule has 0 aliphatic heterocycles. The Morgan fingerprint density at radius 3 is 2.44 bits per heavy atom. The van der Waals surface area contributed by atoms with E-state index >= 15 is 0 Å². The van der Waals surface area contributed by atoms with Crippen LogP contribution in [0.15, 0.2) is 34.8 Å². The van der Waals surface area contributed by atoms with Gasteiger partial charge in [-0.2, -0.15) is 0 Å². The molecule has 0 heterocycles. The summed E-state index contributed by atoms with van der Waals surface area (Å²) >= 11 is 3.08. The van der Waals surface area contributed by atoms with E-state index in [1.807, 2.05) is 0 Å². The predicted octanol–water partition coefficient (Wildman–Crippen LogP) is 2.83. The Labute approximate surface area is 100 Å². The lowest BCUT2D eigenvalue weighted by Gasteiger charge is -2.03. The molecular weight excluding hydrogens is 276 g/mol. The molecule has 0 atom stereocenters. The average molecular weight is 285 g/mol. The zero-order valence-corrected chi connectivity index (χ0v) is 10.0. The van der Waals surface area contributed by atoms with E-state index in [2.05, 4.69) is 21.2 Å². The lowest BCUT2D eigenvalue weighted by molar-refractivity contribution is -0.384. The minimum absolute atomic E-state index is 0.0110. The van der Waals surface area contributed by atoms with Gasteiger partial charge >= 0.3 is 0 Å². The normalized spacial score (nSPS) is 11.0. The minimum atomic E-state index is -0.493. The van der Waals surface area contributed by atoms with Gasteiger partial charge in [0.05, 0.1) is 9.41 Å². The van der Waals surface area contributed by atoms with Crippen LogP contribution in [0.25, 0.3) is 0 Å². The molecular formula is C10H9BrN2O3. The average Bonchev–Trinajstić information content (AvgIpc) is 2.28. The molecule has 16 heavy (non-hydrogen) atoms. The number of nitro benzene ring substituents is 1. The summed E-state index contributed by atoms with van der Waals surface area (Å²) in [6.45, 7) is 1.72. The fraction of sp³-hybridized carbons (Fsp3) is 0.100. The maximum absolute atomic E-state index is 11.4. The molecule has 0 radical (unpaired) electrons. The summed E-state index contributed by atoms with van der Waals surface area (Å²) < 4.78 is 0.408. The molecule has 0 unspecified atom stereocenters. The van der Waals surface area contributed by atoms with Crippen LogP contribution in [0, 0.1) is 10.1 Å². The van der Waals surface area contributed by atoms with E-state index in [1.165, 1.54) is 24.3 Å². The molecule has 0 bridgehead atoms. The fourth-order valence-electron chi connectivity index (χ4n) is 0.988. The van der Waals surface area contributed by atoms with E-state index in [1.54, 1.807) is 13.0 Å². The highest BCUT2D eigenvalue weighted by atomic mass is 79.9. The smallest absolute Gasteiger partial charge is 0.269 e. The molecule has 1 amide bonds. The zero-order valence-electron chi connectivity index (χ0n) is 8.44. The third-order valence-corrected chi connectivity index (χ3v) is 2.62. The summed E-state index contributed by atoms with van der Waals surface area (Å²) in [5, 5.41) is 13.0. The van der Waals surface area contributed by atoms with E-state index in [-0.39, 0.29) is 11.6 Å². The van der Waals surface area contributed by atoms with Gasteiger partial charge in [0.2, 0.25) is 0 Å². The first-order chi connectivity index (χ1) is 7.54. The van der Waals surface area contributed by atoms with Gasteiger partial charge in [-0.25, -0.2) is 0 Å². The number of amides is 1. The number of non-ortho nitro benzene ring substituents is 1. The Bertz CT molecular complexity index is 440. The number of anilines is 1. The van der Waals surface area contributed by atoms with Crippen LogP contribution in [-0.4, -0.2) is 10.8 Å². The summed E-state index contributed by atoms with van der Waals surface area (Å²) in [7, 11) is 0. The van der Waals surface area contributed by atoms with E-state index < -0.39 is 4.92 Å². The Hall–Kier alpha value is -1.69. The Kier molecular flexibility index (Phi) is 4.19. The van der Waals surface area contributed by atoms with Crippen LogP contribution in [0.3, 0.4) is 0 Å². The van der Waals surface area contributed by atoms with Gasteiger partial charge in [0.15, 0.2) is 0 Å². The van der Waals surface area contributed by atoms with Crippen molar-refractivity contribution in [2.24, 2.45) is 0 Å². The maximum atomic E-state index is 11.4.